The molecule has 0 saturated heterocycles. The number of aromatic hydroxyl groups is 1. The quantitative estimate of drug-likeness (QED) is 0.428. The summed E-state index contributed by atoms with van der Waals surface area (Å²) in [7, 11) is 3.11. The van der Waals surface area contributed by atoms with E-state index in [1.165, 1.54) is 17.0 Å². The van der Waals surface area contributed by atoms with Gasteiger partial charge in [-0.15, -0.1) is 0 Å². The molecule has 0 aliphatic heterocycles. The van der Waals surface area contributed by atoms with E-state index < -0.39 is 16.8 Å². The van der Waals surface area contributed by atoms with Gasteiger partial charge in [0.25, 0.3) is 16.8 Å². The Labute approximate surface area is 144 Å². The Balaban J connectivity index is 2.34. The molecule has 8 nitrogen and oxygen atoms in total. The summed E-state index contributed by atoms with van der Waals surface area (Å²) in [5.74, 6) is -0.704. The van der Waals surface area contributed by atoms with E-state index in [0.717, 1.165) is 0 Å². The first-order valence-electron chi connectivity index (χ1n) is 7.83. The zero-order chi connectivity index (χ0) is 18.7. The summed E-state index contributed by atoms with van der Waals surface area (Å²) in [5, 5.41) is 25.1. The van der Waals surface area contributed by atoms with E-state index in [0.29, 0.717) is 6.42 Å². The summed E-state index contributed by atoms with van der Waals surface area (Å²) in [6.45, 7) is 1.64. The minimum atomic E-state index is -0.723. The van der Waals surface area contributed by atoms with Crippen molar-refractivity contribution >= 4 is 23.0 Å². The van der Waals surface area contributed by atoms with Crippen molar-refractivity contribution in [2.45, 2.75) is 19.4 Å². The summed E-state index contributed by atoms with van der Waals surface area (Å²) >= 11 is 0. The number of para-hydroxylation sites is 1. The molecule has 0 saturated carbocycles. The second-order valence-electron chi connectivity index (χ2n) is 5.87. The largest absolute Gasteiger partial charge is 0.505 e. The first-order chi connectivity index (χ1) is 11.8. The van der Waals surface area contributed by atoms with E-state index in [2.05, 4.69) is 10.6 Å². The summed E-state index contributed by atoms with van der Waals surface area (Å²) in [5.41, 5.74) is -1.13. The van der Waals surface area contributed by atoms with Crippen LogP contribution in [-0.2, 0) is 0 Å². The van der Waals surface area contributed by atoms with Gasteiger partial charge >= 0.3 is 0 Å². The third kappa shape index (κ3) is 3.48. The van der Waals surface area contributed by atoms with E-state index in [4.69, 9.17) is 0 Å². The molecule has 0 aliphatic carbocycles. The fraction of sp³-hybridized carbons (Fsp3) is 0.353. The van der Waals surface area contributed by atoms with E-state index in [1.54, 1.807) is 20.2 Å². The highest BCUT2D eigenvalue weighted by molar-refractivity contribution is 5.99. The highest BCUT2D eigenvalue weighted by Crippen LogP contribution is 2.32. The Hall–Kier alpha value is -2.87. The number of aliphatic hydroxyl groups is 1. The Bertz CT molecular complexity index is 848. The van der Waals surface area contributed by atoms with Gasteiger partial charge in [-0.2, -0.15) is 0 Å². The number of hydrogen-bond donors (Lipinski definition) is 4. The summed E-state index contributed by atoms with van der Waals surface area (Å²) in [6.07, 6.45) is 0.562. The Kier molecular flexibility index (Phi) is 5.43. The van der Waals surface area contributed by atoms with Gasteiger partial charge in [0.15, 0.2) is 5.75 Å². The molecule has 0 aromatic heterocycles. The van der Waals surface area contributed by atoms with Crippen molar-refractivity contribution in [2.75, 3.05) is 31.3 Å². The van der Waals surface area contributed by atoms with Crippen LogP contribution in [0.2, 0.25) is 0 Å². The first-order valence-corrected chi connectivity index (χ1v) is 7.83. The zero-order valence-electron chi connectivity index (χ0n) is 14.3. The molecule has 2 aromatic rings. The second kappa shape index (κ2) is 7.35. The van der Waals surface area contributed by atoms with Gasteiger partial charge in [-0.3, -0.25) is 14.4 Å². The van der Waals surface area contributed by atoms with Crippen molar-refractivity contribution in [3.63, 3.8) is 0 Å². The van der Waals surface area contributed by atoms with Gasteiger partial charge in [0.1, 0.15) is 11.4 Å². The highest BCUT2D eigenvalue weighted by atomic mass is 16.3. The minimum Gasteiger partial charge on any atom is -0.505 e. The molecule has 0 radical (unpaired) electrons. The van der Waals surface area contributed by atoms with Gasteiger partial charge in [-0.25, -0.2) is 0 Å². The van der Waals surface area contributed by atoms with Gasteiger partial charge in [-0.1, -0.05) is 13.0 Å². The van der Waals surface area contributed by atoms with Crippen LogP contribution in [0.4, 0.5) is 17.1 Å². The molecule has 0 fully saturated rings. The molecule has 2 aromatic carbocycles. The summed E-state index contributed by atoms with van der Waals surface area (Å²) in [4.78, 5) is 37.0. The number of nitrogens with zero attached hydrogens (tertiary/aromatic N) is 1. The van der Waals surface area contributed by atoms with Crippen molar-refractivity contribution < 1.29 is 15.0 Å². The molecule has 8 heteroatoms. The average Bonchev–Trinajstić information content (AvgIpc) is 2.61. The van der Waals surface area contributed by atoms with Gasteiger partial charge in [0, 0.05) is 20.1 Å². The molecule has 0 bridgehead atoms. The number of rotatable bonds is 7. The number of anilines is 3. The number of benzene rings is 1. The normalized spacial score (nSPS) is 12.0. The standard InChI is InChI=1S/C17H21N3O5/c1-4-9(8-21)18-12-13(16(24)15(12)23)19-11-7-5-6-10(14(11)22)17(25)20(2)3/h5-7,9,18-19,21-22H,4,8H2,1-3H3/t9-/m1/s1. The number of hydrogen-bond acceptors (Lipinski definition) is 7. The van der Waals surface area contributed by atoms with Gasteiger partial charge < -0.3 is 25.7 Å². The van der Waals surface area contributed by atoms with E-state index in [9.17, 15) is 24.6 Å². The van der Waals surface area contributed by atoms with Crippen LogP contribution in [0.3, 0.4) is 0 Å². The van der Waals surface area contributed by atoms with Crippen LogP contribution in [0.1, 0.15) is 23.7 Å². The molecular formula is C17H21N3O5. The predicted octanol–water partition coefficient (Wildman–Crippen LogP) is 0.616. The van der Waals surface area contributed by atoms with E-state index in [-0.39, 0.29) is 41.0 Å². The fourth-order valence-corrected chi connectivity index (χ4v) is 2.32. The molecule has 1 amide bonds. The third-order valence-electron chi connectivity index (χ3n) is 3.90. The average molecular weight is 347 g/mol. The van der Waals surface area contributed by atoms with E-state index in [1.807, 2.05) is 6.92 Å². The number of nitrogens with one attached hydrogen (secondary N) is 2. The van der Waals surface area contributed by atoms with Crippen LogP contribution >= 0.6 is 0 Å². The lowest BCUT2D eigenvalue weighted by molar-refractivity contribution is 0.0824. The lowest BCUT2D eigenvalue weighted by atomic mass is 10.1. The Morgan fingerprint density at radius 2 is 1.84 bits per heavy atom. The molecule has 0 aliphatic rings. The van der Waals surface area contributed by atoms with Crippen molar-refractivity contribution in [3.8, 4) is 5.75 Å². The smallest absolute Gasteiger partial charge is 0.257 e. The second-order valence-corrected chi connectivity index (χ2v) is 5.87. The topological polar surface area (TPSA) is 119 Å². The minimum absolute atomic E-state index is 0.00153. The molecule has 0 spiro atoms. The Morgan fingerprint density at radius 1 is 1.20 bits per heavy atom. The maximum atomic E-state index is 12.1. The van der Waals surface area contributed by atoms with Gasteiger partial charge in [0.2, 0.25) is 0 Å². The molecular weight excluding hydrogens is 326 g/mol. The number of carbonyl (C=O) groups excluding carboxylic acids is 1. The van der Waals surface area contributed by atoms with Crippen molar-refractivity contribution in [3.05, 3.63) is 44.2 Å². The lowest BCUT2D eigenvalue weighted by Gasteiger charge is -2.20. The SMILES string of the molecule is CC[C@H](CO)Nc1c(Nc2cccc(C(=O)N(C)C)c2O)c(=O)c1=O. The number of amides is 1. The van der Waals surface area contributed by atoms with Crippen LogP contribution in [0.25, 0.3) is 0 Å². The number of aliphatic hydroxyl groups excluding tert-OH is 1. The summed E-state index contributed by atoms with van der Waals surface area (Å²) in [6, 6.07) is 4.15. The maximum Gasteiger partial charge on any atom is 0.257 e. The number of phenols is 1. The highest BCUT2D eigenvalue weighted by Gasteiger charge is 2.24. The van der Waals surface area contributed by atoms with Gasteiger partial charge in [0.05, 0.1) is 17.9 Å². The molecule has 2 rings (SSSR count). The van der Waals surface area contributed by atoms with Crippen LogP contribution in [0, 0.1) is 0 Å². The van der Waals surface area contributed by atoms with E-state index >= 15 is 0 Å². The van der Waals surface area contributed by atoms with Crippen molar-refractivity contribution in [1.82, 2.24) is 4.90 Å². The summed E-state index contributed by atoms with van der Waals surface area (Å²) < 4.78 is 0. The molecule has 1 atom stereocenters. The third-order valence-corrected chi connectivity index (χ3v) is 3.90. The zero-order valence-corrected chi connectivity index (χ0v) is 14.3. The predicted molar refractivity (Wildman–Crippen MR) is 95.5 cm³/mol. The monoisotopic (exact) mass is 347 g/mol. The van der Waals surface area contributed by atoms with Crippen molar-refractivity contribution in [1.29, 1.82) is 0 Å². The number of carbonyl (C=O) groups is 1. The number of phenolic OH excluding ortho intramolecular Hbond substituents is 1. The fourth-order valence-electron chi connectivity index (χ4n) is 2.32. The van der Waals surface area contributed by atoms with Crippen LogP contribution < -0.4 is 21.5 Å². The maximum absolute atomic E-state index is 12.1. The lowest BCUT2D eigenvalue weighted by Crippen LogP contribution is -2.39. The molecule has 4 N–H and O–H groups in total. The van der Waals surface area contributed by atoms with Crippen molar-refractivity contribution in [2.24, 2.45) is 0 Å². The van der Waals surface area contributed by atoms with Crippen LogP contribution in [0.5, 0.6) is 5.75 Å². The van der Waals surface area contributed by atoms with Crippen LogP contribution in [0.15, 0.2) is 27.8 Å². The van der Waals surface area contributed by atoms with Gasteiger partial charge in [-0.05, 0) is 18.6 Å². The molecule has 0 heterocycles. The first kappa shape index (κ1) is 18.5. The van der Waals surface area contributed by atoms with Crippen LogP contribution in [-0.4, -0.2) is 47.8 Å². The molecule has 25 heavy (non-hydrogen) atoms. The Morgan fingerprint density at radius 3 is 2.40 bits per heavy atom. The molecule has 0 unspecified atom stereocenters. The molecule has 134 valence electrons.